The van der Waals surface area contributed by atoms with Crippen LogP contribution in [0.15, 0.2) is 24.4 Å². The van der Waals surface area contributed by atoms with Gasteiger partial charge in [0.25, 0.3) is 0 Å². The maximum absolute atomic E-state index is 13.8. The highest BCUT2D eigenvalue weighted by Crippen LogP contribution is 2.58. The van der Waals surface area contributed by atoms with E-state index in [4.69, 9.17) is 4.74 Å². The molecule has 9 heteroatoms. The lowest BCUT2D eigenvalue weighted by molar-refractivity contribution is -0.144. The van der Waals surface area contributed by atoms with Crippen molar-refractivity contribution < 1.29 is 31.5 Å². The first-order valence-corrected chi connectivity index (χ1v) is 12.6. The molecule has 1 aromatic heterocycles. The molecule has 3 fully saturated rings. The van der Waals surface area contributed by atoms with Crippen molar-refractivity contribution in [2.75, 3.05) is 19.8 Å². The number of carbonyl (C=O) groups is 1. The van der Waals surface area contributed by atoms with Gasteiger partial charge in [0, 0.05) is 43.9 Å². The second kappa shape index (κ2) is 9.45. The summed E-state index contributed by atoms with van der Waals surface area (Å²) in [4.78, 5) is 19.6. The van der Waals surface area contributed by atoms with Crippen LogP contribution < -0.4 is 0 Å². The third-order valence-electron chi connectivity index (χ3n) is 8.66. The van der Waals surface area contributed by atoms with E-state index in [0.717, 1.165) is 37.9 Å². The molecule has 35 heavy (non-hydrogen) atoms. The number of rotatable bonds is 4. The van der Waals surface area contributed by atoms with Crippen LogP contribution in [0.3, 0.4) is 0 Å². The van der Waals surface area contributed by atoms with Crippen molar-refractivity contribution in [3.63, 3.8) is 0 Å². The summed E-state index contributed by atoms with van der Waals surface area (Å²) in [6.07, 6.45) is 3.20. The molecule has 0 aromatic carbocycles. The van der Waals surface area contributed by atoms with Crippen molar-refractivity contribution in [2.24, 2.45) is 29.1 Å². The van der Waals surface area contributed by atoms with Crippen LogP contribution in [-0.2, 0) is 28.7 Å². The molecule has 0 spiro atoms. The Kier molecular flexibility index (Phi) is 6.66. The second-order valence-corrected chi connectivity index (χ2v) is 10.7. The fraction of sp³-hybridized carbons (Fsp3) is 0.692. The van der Waals surface area contributed by atoms with E-state index in [2.05, 4.69) is 4.98 Å². The molecule has 192 valence electrons. The minimum Gasteiger partial charge on any atom is -0.381 e. The van der Waals surface area contributed by atoms with Crippen LogP contribution in [0.4, 0.5) is 22.0 Å². The minimum absolute atomic E-state index is 0.0375. The number of alkyl halides is 5. The van der Waals surface area contributed by atoms with E-state index >= 15 is 0 Å². The van der Waals surface area contributed by atoms with Gasteiger partial charge in [-0.3, -0.25) is 9.78 Å². The Morgan fingerprint density at radius 3 is 2.86 bits per heavy atom. The third-order valence-corrected chi connectivity index (χ3v) is 8.66. The molecule has 1 aromatic rings. The standard InChI is InChI=1S/C26H31F5N2O2/c27-23(28)21-15-35-9-6-17(21)4-3-16-10-19-2-1-7-25(19,12-16)24(34)33-8-5-22-18(14-33)11-20(13-32-22)26(29,30)31/h3-4,11,13,16-17,19,21,23H,1-2,5-10,12,14-15H2. The summed E-state index contributed by atoms with van der Waals surface area (Å²) in [6, 6.07) is 1.12. The van der Waals surface area contributed by atoms with Gasteiger partial charge in [0.2, 0.25) is 12.3 Å². The van der Waals surface area contributed by atoms with Crippen LogP contribution in [0.1, 0.15) is 55.3 Å². The van der Waals surface area contributed by atoms with Gasteiger partial charge in [0.1, 0.15) is 0 Å². The number of aromatic nitrogens is 1. The molecule has 0 bridgehead atoms. The fourth-order valence-electron chi connectivity index (χ4n) is 6.83. The lowest BCUT2D eigenvalue weighted by atomic mass is 9.78. The van der Waals surface area contributed by atoms with Gasteiger partial charge in [0.15, 0.2) is 0 Å². The fourth-order valence-corrected chi connectivity index (χ4v) is 6.83. The van der Waals surface area contributed by atoms with Gasteiger partial charge in [0.05, 0.1) is 17.6 Å². The topological polar surface area (TPSA) is 42.4 Å². The van der Waals surface area contributed by atoms with Crippen LogP contribution in [0, 0.1) is 29.1 Å². The SMILES string of the molecule is O=C(N1CCc2ncc(C(F)(F)F)cc2C1)C12CCCC1CC(C=CC1CCOCC1C(F)F)C2. The Bertz CT molecular complexity index is 981. The number of allylic oxidation sites excluding steroid dienone is 2. The van der Waals surface area contributed by atoms with Crippen molar-refractivity contribution in [1.29, 1.82) is 0 Å². The minimum atomic E-state index is -4.47. The summed E-state index contributed by atoms with van der Waals surface area (Å²) in [5.74, 6) is -0.590. The molecule has 0 N–H and O–H groups in total. The van der Waals surface area contributed by atoms with Crippen LogP contribution in [-0.4, -0.2) is 42.0 Å². The van der Waals surface area contributed by atoms with Gasteiger partial charge in [-0.05, 0) is 61.5 Å². The zero-order chi connectivity index (χ0) is 24.8. The Morgan fingerprint density at radius 2 is 2.09 bits per heavy atom. The van der Waals surface area contributed by atoms with E-state index in [0.29, 0.717) is 43.7 Å². The lowest BCUT2D eigenvalue weighted by Gasteiger charge is -2.37. The van der Waals surface area contributed by atoms with Crippen molar-refractivity contribution in [3.05, 3.63) is 41.2 Å². The van der Waals surface area contributed by atoms with E-state index in [1.165, 1.54) is 0 Å². The molecule has 4 nitrogen and oxygen atoms in total. The summed E-state index contributed by atoms with van der Waals surface area (Å²) in [6.45, 7) is 1.16. The lowest BCUT2D eigenvalue weighted by Crippen LogP contribution is -2.46. The molecular weight excluding hydrogens is 467 g/mol. The van der Waals surface area contributed by atoms with Crippen LogP contribution in [0.2, 0.25) is 0 Å². The van der Waals surface area contributed by atoms with Gasteiger partial charge < -0.3 is 9.64 Å². The van der Waals surface area contributed by atoms with E-state index in [1.54, 1.807) is 4.90 Å². The molecule has 2 aliphatic carbocycles. The van der Waals surface area contributed by atoms with Gasteiger partial charge in [-0.25, -0.2) is 8.78 Å². The molecule has 3 heterocycles. The Labute approximate surface area is 201 Å². The highest BCUT2D eigenvalue weighted by Gasteiger charge is 2.55. The van der Waals surface area contributed by atoms with Crippen LogP contribution >= 0.6 is 0 Å². The molecule has 1 amide bonds. The Balaban J connectivity index is 1.30. The summed E-state index contributed by atoms with van der Waals surface area (Å²) >= 11 is 0. The molecule has 5 rings (SSSR count). The number of nitrogens with zero attached hydrogens (tertiary/aromatic N) is 2. The molecule has 2 saturated carbocycles. The Morgan fingerprint density at radius 1 is 1.26 bits per heavy atom. The molecule has 1 saturated heterocycles. The van der Waals surface area contributed by atoms with E-state index in [-0.39, 0.29) is 36.8 Å². The van der Waals surface area contributed by atoms with Crippen LogP contribution in [0.25, 0.3) is 0 Å². The number of hydrogen-bond acceptors (Lipinski definition) is 3. The Hall–Kier alpha value is -2.03. The average molecular weight is 499 g/mol. The normalized spacial score (nSPS) is 33.4. The molecule has 0 radical (unpaired) electrons. The maximum Gasteiger partial charge on any atom is 0.417 e. The zero-order valence-electron chi connectivity index (χ0n) is 19.6. The molecule has 5 unspecified atom stereocenters. The van der Waals surface area contributed by atoms with Gasteiger partial charge in [-0.2, -0.15) is 13.2 Å². The number of carbonyl (C=O) groups excluding carboxylic acids is 1. The first kappa shape index (κ1) is 24.7. The van der Waals surface area contributed by atoms with E-state index in [9.17, 15) is 26.7 Å². The smallest absolute Gasteiger partial charge is 0.381 e. The van der Waals surface area contributed by atoms with Gasteiger partial charge in [-0.15, -0.1) is 0 Å². The molecular formula is C26H31F5N2O2. The van der Waals surface area contributed by atoms with Gasteiger partial charge in [-0.1, -0.05) is 18.6 Å². The highest BCUT2D eigenvalue weighted by molar-refractivity contribution is 5.84. The van der Waals surface area contributed by atoms with Crippen LogP contribution in [0.5, 0.6) is 0 Å². The number of halogens is 5. The number of amides is 1. The monoisotopic (exact) mass is 498 g/mol. The average Bonchev–Trinajstić information content (AvgIpc) is 3.39. The first-order valence-electron chi connectivity index (χ1n) is 12.6. The van der Waals surface area contributed by atoms with Crippen molar-refractivity contribution in [3.8, 4) is 0 Å². The van der Waals surface area contributed by atoms with E-state index in [1.807, 2.05) is 12.2 Å². The largest absolute Gasteiger partial charge is 0.417 e. The number of fused-ring (bicyclic) bond motifs is 2. The first-order chi connectivity index (χ1) is 16.7. The summed E-state index contributed by atoms with van der Waals surface area (Å²) in [7, 11) is 0. The third kappa shape index (κ3) is 4.72. The predicted octanol–water partition coefficient (Wildman–Crippen LogP) is 5.66. The number of ether oxygens (including phenoxy) is 1. The molecule has 2 aliphatic heterocycles. The van der Waals surface area contributed by atoms with Gasteiger partial charge >= 0.3 is 6.18 Å². The van der Waals surface area contributed by atoms with Crippen molar-refractivity contribution in [1.82, 2.24) is 9.88 Å². The number of pyridine rings is 1. The zero-order valence-corrected chi connectivity index (χ0v) is 19.6. The second-order valence-electron chi connectivity index (χ2n) is 10.7. The molecule has 4 aliphatic rings. The predicted molar refractivity (Wildman–Crippen MR) is 118 cm³/mol. The highest BCUT2D eigenvalue weighted by atomic mass is 19.4. The summed E-state index contributed by atoms with van der Waals surface area (Å²) < 4.78 is 71.6. The summed E-state index contributed by atoms with van der Waals surface area (Å²) in [5, 5.41) is 0. The maximum atomic E-state index is 13.8. The summed E-state index contributed by atoms with van der Waals surface area (Å²) in [5.41, 5.74) is -0.194. The quantitative estimate of drug-likeness (QED) is 0.398. The van der Waals surface area contributed by atoms with Crippen molar-refractivity contribution in [2.45, 2.75) is 64.1 Å². The van der Waals surface area contributed by atoms with E-state index < -0.39 is 29.5 Å². The molecule has 5 atom stereocenters. The van der Waals surface area contributed by atoms with Crippen molar-refractivity contribution >= 4 is 5.91 Å². The number of hydrogen-bond donors (Lipinski definition) is 0.